The Morgan fingerprint density at radius 2 is 2.25 bits per heavy atom. The first kappa shape index (κ1) is 18.8. The van der Waals surface area contributed by atoms with E-state index in [1.54, 1.807) is 7.11 Å². The quantitative estimate of drug-likeness (QED) is 0.753. The molecule has 4 nitrogen and oxygen atoms in total. The molecule has 0 saturated carbocycles. The third-order valence-electron chi connectivity index (χ3n) is 4.86. The van der Waals surface area contributed by atoms with Gasteiger partial charge in [0.2, 0.25) is 5.91 Å². The topological polar surface area (TPSA) is 41.6 Å². The Hall–Kier alpha value is -1.55. The van der Waals surface area contributed by atoms with Gasteiger partial charge < -0.3 is 10.1 Å². The monoisotopic (exact) mass is 332 g/mol. The summed E-state index contributed by atoms with van der Waals surface area (Å²) < 4.78 is 5.23. The third kappa shape index (κ3) is 6.16. The highest BCUT2D eigenvalue weighted by atomic mass is 16.5. The van der Waals surface area contributed by atoms with E-state index in [0.717, 1.165) is 24.3 Å². The van der Waals surface area contributed by atoms with Gasteiger partial charge in [0, 0.05) is 19.0 Å². The van der Waals surface area contributed by atoms with Gasteiger partial charge in [0.25, 0.3) is 0 Å². The van der Waals surface area contributed by atoms with Gasteiger partial charge >= 0.3 is 0 Å². The summed E-state index contributed by atoms with van der Waals surface area (Å²) in [7, 11) is 1.67. The van der Waals surface area contributed by atoms with Crippen LogP contribution in [0.3, 0.4) is 0 Å². The molecule has 24 heavy (non-hydrogen) atoms. The number of aryl methyl sites for hydroxylation is 1. The number of carbonyl (C=O) groups is 1. The number of likely N-dealkylation sites (tertiary alicyclic amines) is 1. The number of rotatable bonds is 9. The summed E-state index contributed by atoms with van der Waals surface area (Å²) in [5, 5.41) is 3.15. The van der Waals surface area contributed by atoms with Crippen LogP contribution in [0.5, 0.6) is 5.75 Å². The lowest BCUT2D eigenvalue weighted by atomic mass is 10.0. The number of hydrogen-bond acceptors (Lipinski definition) is 3. The van der Waals surface area contributed by atoms with Gasteiger partial charge in [-0.25, -0.2) is 0 Å². The number of methoxy groups -OCH3 is 1. The fraction of sp³-hybridized carbons (Fsp3) is 0.650. The Balaban J connectivity index is 1.73. The van der Waals surface area contributed by atoms with Crippen LogP contribution in [-0.2, 0) is 11.2 Å². The Labute approximate surface area is 146 Å². The van der Waals surface area contributed by atoms with Crippen molar-refractivity contribution in [3.05, 3.63) is 29.8 Å². The highest BCUT2D eigenvalue weighted by Gasteiger charge is 2.22. The smallest absolute Gasteiger partial charge is 0.220 e. The Kier molecular flexibility index (Phi) is 8.10. The van der Waals surface area contributed by atoms with Crippen molar-refractivity contribution in [1.82, 2.24) is 10.2 Å². The minimum atomic E-state index is 0.152. The number of unbranched alkanes of at least 4 members (excludes halogenated alkanes) is 1. The maximum Gasteiger partial charge on any atom is 0.220 e. The van der Waals surface area contributed by atoms with Gasteiger partial charge in [-0.05, 0) is 56.5 Å². The fourth-order valence-electron chi connectivity index (χ4n) is 3.35. The standard InChI is InChI=1S/C20H32N2O2/c1-3-4-13-22-14-6-5-9-18(22)16-21-20(23)12-11-17-8-7-10-19(15-17)24-2/h7-8,10,15,18H,3-6,9,11-14,16H2,1-2H3,(H,21,23). The molecule has 1 heterocycles. The largest absolute Gasteiger partial charge is 0.497 e. The summed E-state index contributed by atoms with van der Waals surface area (Å²) in [6, 6.07) is 8.47. The number of hydrogen-bond donors (Lipinski definition) is 1. The molecule has 1 fully saturated rings. The highest BCUT2D eigenvalue weighted by Crippen LogP contribution is 2.17. The number of piperidine rings is 1. The van der Waals surface area contributed by atoms with Crippen LogP contribution in [0, 0.1) is 0 Å². The van der Waals surface area contributed by atoms with E-state index >= 15 is 0 Å². The van der Waals surface area contributed by atoms with Gasteiger partial charge in [0.1, 0.15) is 5.75 Å². The predicted molar refractivity (Wildman–Crippen MR) is 98.4 cm³/mol. The van der Waals surface area contributed by atoms with Crippen LogP contribution in [0.4, 0.5) is 0 Å². The molecule has 0 spiro atoms. The number of benzene rings is 1. The maximum atomic E-state index is 12.2. The molecule has 1 aromatic rings. The van der Waals surface area contributed by atoms with Crippen LogP contribution in [0.15, 0.2) is 24.3 Å². The molecule has 134 valence electrons. The Morgan fingerprint density at radius 1 is 1.38 bits per heavy atom. The zero-order valence-corrected chi connectivity index (χ0v) is 15.2. The van der Waals surface area contributed by atoms with Crippen molar-refractivity contribution >= 4 is 5.91 Å². The number of nitrogens with one attached hydrogen (secondary N) is 1. The number of ether oxygens (including phenoxy) is 1. The summed E-state index contributed by atoms with van der Waals surface area (Å²) >= 11 is 0. The van der Waals surface area contributed by atoms with Gasteiger partial charge in [-0.1, -0.05) is 31.9 Å². The molecular formula is C20H32N2O2. The van der Waals surface area contributed by atoms with Crippen molar-refractivity contribution in [2.75, 3.05) is 26.7 Å². The van der Waals surface area contributed by atoms with Crippen LogP contribution in [0.1, 0.15) is 51.0 Å². The second-order valence-electron chi connectivity index (χ2n) is 6.69. The van der Waals surface area contributed by atoms with E-state index in [4.69, 9.17) is 4.74 Å². The molecule has 1 aliphatic rings. The van der Waals surface area contributed by atoms with E-state index in [1.807, 2.05) is 24.3 Å². The molecule has 0 aromatic heterocycles. The molecule has 1 aromatic carbocycles. The molecule has 0 bridgehead atoms. The average molecular weight is 332 g/mol. The maximum absolute atomic E-state index is 12.2. The van der Waals surface area contributed by atoms with Crippen molar-refractivity contribution in [3.8, 4) is 5.75 Å². The normalized spacial score (nSPS) is 18.3. The first-order valence-electron chi connectivity index (χ1n) is 9.36. The second kappa shape index (κ2) is 10.3. The van der Waals surface area contributed by atoms with Gasteiger partial charge in [-0.2, -0.15) is 0 Å². The lowest BCUT2D eigenvalue weighted by molar-refractivity contribution is -0.121. The average Bonchev–Trinajstić information content (AvgIpc) is 2.63. The van der Waals surface area contributed by atoms with Crippen LogP contribution in [0.2, 0.25) is 0 Å². The van der Waals surface area contributed by atoms with Gasteiger partial charge in [0.05, 0.1) is 7.11 Å². The molecule has 0 aliphatic carbocycles. The van der Waals surface area contributed by atoms with Crippen molar-refractivity contribution in [1.29, 1.82) is 0 Å². The minimum Gasteiger partial charge on any atom is -0.497 e. The van der Waals surface area contributed by atoms with Gasteiger partial charge in [-0.15, -0.1) is 0 Å². The van der Waals surface area contributed by atoms with Gasteiger partial charge in [0.15, 0.2) is 0 Å². The van der Waals surface area contributed by atoms with Crippen molar-refractivity contribution in [2.45, 2.75) is 57.9 Å². The molecule has 2 rings (SSSR count). The summed E-state index contributed by atoms with van der Waals surface area (Å²) in [5.74, 6) is 1.00. The number of amides is 1. The van der Waals surface area contributed by atoms with Crippen molar-refractivity contribution in [2.24, 2.45) is 0 Å². The third-order valence-corrected chi connectivity index (χ3v) is 4.86. The second-order valence-corrected chi connectivity index (χ2v) is 6.69. The molecule has 1 N–H and O–H groups in total. The van der Waals surface area contributed by atoms with Crippen LogP contribution in [-0.4, -0.2) is 43.6 Å². The number of nitrogens with zero attached hydrogens (tertiary/aromatic N) is 1. The highest BCUT2D eigenvalue weighted by molar-refractivity contribution is 5.76. The molecule has 1 atom stereocenters. The first-order valence-corrected chi connectivity index (χ1v) is 9.36. The number of carbonyl (C=O) groups excluding carboxylic acids is 1. The van der Waals surface area contributed by atoms with E-state index in [9.17, 15) is 4.79 Å². The van der Waals surface area contributed by atoms with E-state index in [1.165, 1.54) is 45.2 Å². The van der Waals surface area contributed by atoms with Crippen molar-refractivity contribution < 1.29 is 9.53 Å². The first-order chi connectivity index (χ1) is 11.7. The zero-order chi connectivity index (χ0) is 17.2. The van der Waals surface area contributed by atoms with Crippen LogP contribution < -0.4 is 10.1 Å². The summed E-state index contributed by atoms with van der Waals surface area (Å²) in [6.45, 7) is 5.38. The van der Waals surface area contributed by atoms with Crippen LogP contribution >= 0.6 is 0 Å². The molecular weight excluding hydrogens is 300 g/mol. The SMILES string of the molecule is CCCCN1CCCCC1CNC(=O)CCc1cccc(OC)c1. The molecule has 4 heteroatoms. The Morgan fingerprint density at radius 3 is 3.04 bits per heavy atom. The van der Waals surface area contributed by atoms with Gasteiger partial charge in [-0.3, -0.25) is 9.69 Å². The van der Waals surface area contributed by atoms with E-state index in [-0.39, 0.29) is 5.91 Å². The van der Waals surface area contributed by atoms with E-state index < -0.39 is 0 Å². The molecule has 1 amide bonds. The molecule has 1 unspecified atom stereocenters. The molecule has 0 radical (unpaired) electrons. The van der Waals surface area contributed by atoms with E-state index in [0.29, 0.717) is 12.5 Å². The minimum absolute atomic E-state index is 0.152. The van der Waals surface area contributed by atoms with Crippen molar-refractivity contribution in [3.63, 3.8) is 0 Å². The lowest BCUT2D eigenvalue weighted by Gasteiger charge is -2.35. The fourth-order valence-corrected chi connectivity index (χ4v) is 3.35. The van der Waals surface area contributed by atoms with E-state index in [2.05, 4.69) is 17.1 Å². The van der Waals surface area contributed by atoms with Crippen LogP contribution in [0.25, 0.3) is 0 Å². The predicted octanol–water partition coefficient (Wildman–Crippen LogP) is 3.40. The summed E-state index contributed by atoms with van der Waals surface area (Å²) in [5.41, 5.74) is 1.15. The summed E-state index contributed by atoms with van der Waals surface area (Å²) in [4.78, 5) is 14.7. The lowest BCUT2D eigenvalue weighted by Crippen LogP contribution is -2.47. The zero-order valence-electron chi connectivity index (χ0n) is 15.2. The Bertz CT molecular complexity index is 504. The molecule has 1 aliphatic heterocycles. The summed E-state index contributed by atoms with van der Waals surface area (Å²) in [6.07, 6.45) is 7.56. The molecule has 1 saturated heterocycles.